The fourth-order valence-corrected chi connectivity index (χ4v) is 3.07. The Morgan fingerprint density at radius 2 is 1.59 bits per heavy atom. The van der Waals surface area contributed by atoms with Gasteiger partial charge in [0.15, 0.2) is 0 Å². The molecule has 2 aromatic rings. The highest BCUT2D eigenvalue weighted by molar-refractivity contribution is 5.46. The molecule has 1 saturated heterocycles. The quantitative estimate of drug-likeness (QED) is 0.941. The van der Waals surface area contributed by atoms with E-state index in [1.54, 1.807) is 0 Å². The van der Waals surface area contributed by atoms with E-state index in [1.165, 1.54) is 16.8 Å². The van der Waals surface area contributed by atoms with E-state index in [9.17, 15) is 5.11 Å². The molecule has 1 aliphatic rings. The van der Waals surface area contributed by atoms with Crippen molar-refractivity contribution in [2.24, 2.45) is 0 Å². The van der Waals surface area contributed by atoms with Gasteiger partial charge in [0.05, 0.1) is 0 Å². The highest BCUT2D eigenvalue weighted by Crippen LogP contribution is 2.23. The van der Waals surface area contributed by atoms with Crippen molar-refractivity contribution >= 4 is 5.69 Å². The third-order valence-corrected chi connectivity index (χ3v) is 4.54. The number of anilines is 1. The van der Waals surface area contributed by atoms with Gasteiger partial charge in [-0.15, -0.1) is 0 Å². The molecule has 1 N–H and O–H groups in total. The summed E-state index contributed by atoms with van der Waals surface area (Å²) in [6.07, 6.45) is 0. The first-order valence-corrected chi connectivity index (χ1v) is 7.95. The van der Waals surface area contributed by atoms with Crippen LogP contribution in [-0.4, -0.2) is 36.2 Å². The summed E-state index contributed by atoms with van der Waals surface area (Å²) in [6.45, 7) is 9.30. The van der Waals surface area contributed by atoms with Crippen LogP contribution < -0.4 is 4.90 Å². The SMILES string of the molecule is Cc1cc(CN2CCN(c3ccccc3)CC2)c(C)cc1O. The fraction of sp³-hybridized carbons (Fsp3) is 0.368. The van der Waals surface area contributed by atoms with E-state index in [0.717, 1.165) is 38.3 Å². The van der Waals surface area contributed by atoms with E-state index in [0.29, 0.717) is 5.75 Å². The Balaban J connectivity index is 1.62. The highest BCUT2D eigenvalue weighted by atomic mass is 16.3. The van der Waals surface area contributed by atoms with Crippen molar-refractivity contribution in [1.82, 2.24) is 4.90 Å². The first kappa shape index (κ1) is 14.9. The van der Waals surface area contributed by atoms with E-state index in [-0.39, 0.29) is 0 Å². The molecule has 22 heavy (non-hydrogen) atoms. The molecule has 3 heteroatoms. The van der Waals surface area contributed by atoms with Gasteiger partial charge in [0.25, 0.3) is 0 Å². The molecule has 116 valence electrons. The normalized spacial score (nSPS) is 16.0. The Labute approximate surface area is 132 Å². The largest absolute Gasteiger partial charge is 0.508 e. The van der Waals surface area contributed by atoms with Crippen LogP contribution in [0.1, 0.15) is 16.7 Å². The second-order valence-corrected chi connectivity index (χ2v) is 6.16. The van der Waals surface area contributed by atoms with E-state index in [1.807, 2.05) is 13.0 Å². The van der Waals surface area contributed by atoms with Gasteiger partial charge < -0.3 is 10.0 Å². The van der Waals surface area contributed by atoms with Crippen LogP contribution in [0.2, 0.25) is 0 Å². The number of aromatic hydroxyl groups is 1. The van der Waals surface area contributed by atoms with Gasteiger partial charge in [-0.05, 0) is 48.7 Å². The van der Waals surface area contributed by atoms with E-state index < -0.39 is 0 Å². The number of para-hydroxylation sites is 1. The fourth-order valence-electron chi connectivity index (χ4n) is 3.07. The van der Waals surface area contributed by atoms with Crippen LogP contribution in [-0.2, 0) is 6.54 Å². The predicted molar refractivity (Wildman–Crippen MR) is 91.5 cm³/mol. The van der Waals surface area contributed by atoms with Gasteiger partial charge in [-0.3, -0.25) is 4.90 Å². The maximum absolute atomic E-state index is 9.77. The van der Waals surface area contributed by atoms with Crippen LogP contribution in [0.15, 0.2) is 42.5 Å². The molecule has 0 saturated carbocycles. The van der Waals surface area contributed by atoms with Crippen LogP contribution in [0, 0.1) is 13.8 Å². The predicted octanol–water partition coefficient (Wildman–Crippen LogP) is 3.33. The lowest BCUT2D eigenvalue weighted by molar-refractivity contribution is 0.249. The molecule has 2 aromatic carbocycles. The highest BCUT2D eigenvalue weighted by Gasteiger charge is 2.18. The average molecular weight is 296 g/mol. The topological polar surface area (TPSA) is 26.7 Å². The second-order valence-electron chi connectivity index (χ2n) is 6.16. The van der Waals surface area contributed by atoms with Crippen LogP contribution in [0.5, 0.6) is 5.75 Å². The van der Waals surface area contributed by atoms with E-state index in [4.69, 9.17) is 0 Å². The summed E-state index contributed by atoms with van der Waals surface area (Å²) in [5.74, 6) is 0.398. The summed E-state index contributed by atoms with van der Waals surface area (Å²) < 4.78 is 0. The standard InChI is InChI=1S/C19H24N2O/c1-15-13-19(22)16(2)12-17(15)14-20-8-10-21(11-9-20)18-6-4-3-5-7-18/h3-7,12-13,22H,8-11,14H2,1-2H3. The maximum atomic E-state index is 9.77. The number of benzene rings is 2. The van der Waals surface area contributed by atoms with Gasteiger partial charge in [0.2, 0.25) is 0 Å². The summed E-state index contributed by atoms with van der Waals surface area (Å²) in [4.78, 5) is 4.95. The van der Waals surface area contributed by atoms with Crippen molar-refractivity contribution in [3.05, 3.63) is 59.2 Å². The van der Waals surface area contributed by atoms with Gasteiger partial charge in [-0.1, -0.05) is 24.3 Å². The Kier molecular flexibility index (Phi) is 4.34. The van der Waals surface area contributed by atoms with Crippen LogP contribution in [0.25, 0.3) is 0 Å². The Bertz CT molecular complexity index is 631. The summed E-state index contributed by atoms with van der Waals surface area (Å²) >= 11 is 0. The lowest BCUT2D eigenvalue weighted by atomic mass is 10.0. The third-order valence-electron chi connectivity index (χ3n) is 4.54. The molecule has 0 atom stereocenters. The van der Waals surface area contributed by atoms with E-state index >= 15 is 0 Å². The average Bonchev–Trinajstić information content (AvgIpc) is 2.54. The molecule has 0 bridgehead atoms. The molecule has 1 heterocycles. The molecule has 0 unspecified atom stereocenters. The van der Waals surface area contributed by atoms with Gasteiger partial charge >= 0.3 is 0 Å². The lowest BCUT2D eigenvalue weighted by Gasteiger charge is -2.36. The molecule has 0 aliphatic carbocycles. The van der Waals surface area contributed by atoms with Gasteiger partial charge in [-0.2, -0.15) is 0 Å². The van der Waals surface area contributed by atoms with Crippen LogP contribution in [0.3, 0.4) is 0 Å². The molecule has 3 nitrogen and oxygen atoms in total. The first-order chi connectivity index (χ1) is 10.6. The third kappa shape index (κ3) is 3.25. The minimum atomic E-state index is 0.398. The van der Waals surface area contributed by atoms with Gasteiger partial charge in [-0.25, -0.2) is 0 Å². The molecule has 0 radical (unpaired) electrons. The lowest BCUT2D eigenvalue weighted by Crippen LogP contribution is -2.46. The summed E-state index contributed by atoms with van der Waals surface area (Å²) in [7, 11) is 0. The first-order valence-electron chi connectivity index (χ1n) is 7.95. The number of hydrogen-bond donors (Lipinski definition) is 1. The number of piperazine rings is 1. The van der Waals surface area contributed by atoms with E-state index in [2.05, 4.69) is 53.1 Å². The second kappa shape index (κ2) is 6.41. The zero-order valence-corrected chi connectivity index (χ0v) is 13.4. The number of nitrogens with zero attached hydrogens (tertiary/aromatic N) is 2. The Morgan fingerprint density at radius 1 is 0.909 bits per heavy atom. The van der Waals surface area contributed by atoms with Crippen LogP contribution in [0.4, 0.5) is 5.69 Å². The van der Waals surface area contributed by atoms with Crippen LogP contribution >= 0.6 is 0 Å². The molecular formula is C19H24N2O. The summed E-state index contributed by atoms with van der Waals surface area (Å²) in [5, 5.41) is 9.77. The number of hydrogen-bond acceptors (Lipinski definition) is 3. The van der Waals surface area contributed by atoms with Crippen molar-refractivity contribution < 1.29 is 5.11 Å². The molecule has 0 amide bonds. The Hall–Kier alpha value is -2.00. The van der Waals surface area contributed by atoms with Crippen molar-refractivity contribution in [2.75, 3.05) is 31.1 Å². The van der Waals surface area contributed by atoms with Crippen molar-refractivity contribution in [2.45, 2.75) is 20.4 Å². The molecule has 3 rings (SSSR count). The number of aryl methyl sites for hydroxylation is 2. The zero-order valence-electron chi connectivity index (χ0n) is 13.4. The molecule has 0 spiro atoms. The molecule has 0 aromatic heterocycles. The minimum Gasteiger partial charge on any atom is -0.508 e. The zero-order chi connectivity index (χ0) is 15.5. The smallest absolute Gasteiger partial charge is 0.118 e. The molecule has 1 fully saturated rings. The van der Waals surface area contributed by atoms with Gasteiger partial charge in [0, 0.05) is 38.4 Å². The van der Waals surface area contributed by atoms with Crippen molar-refractivity contribution in [3.63, 3.8) is 0 Å². The van der Waals surface area contributed by atoms with Crippen molar-refractivity contribution in [3.8, 4) is 5.75 Å². The number of phenolic OH excluding ortho intramolecular Hbond substituents is 1. The van der Waals surface area contributed by atoms with Crippen molar-refractivity contribution in [1.29, 1.82) is 0 Å². The monoisotopic (exact) mass is 296 g/mol. The molecular weight excluding hydrogens is 272 g/mol. The minimum absolute atomic E-state index is 0.398. The van der Waals surface area contributed by atoms with Gasteiger partial charge in [0.1, 0.15) is 5.75 Å². The Morgan fingerprint density at radius 3 is 2.27 bits per heavy atom. The summed E-state index contributed by atoms with van der Waals surface area (Å²) in [6, 6.07) is 14.6. The maximum Gasteiger partial charge on any atom is 0.118 e. The number of phenols is 1. The molecule has 1 aliphatic heterocycles. The number of rotatable bonds is 3. The summed E-state index contributed by atoms with van der Waals surface area (Å²) in [5.41, 5.74) is 4.78.